The van der Waals surface area contributed by atoms with Gasteiger partial charge in [-0.25, -0.2) is 0 Å². The van der Waals surface area contributed by atoms with Crippen LogP contribution in [-0.2, 0) is 4.79 Å². The molecule has 0 spiro atoms. The number of carbonyl (C=O) groups is 1. The van der Waals surface area contributed by atoms with Crippen molar-refractivity contribution in [3.8, 4) is 22.6 Å². The number of amides is 1. The predicted molar refractivity (Wildman–Crippen MR) is 106 cm³/mol. The standard InChI is InChI=1S/C20H24N2O3S/c1-24-17-8-4-7-16(18(17)25-2)13-5-3-6-14(11-13)19-20(23)22-15(12-21)9-10-26-19/h3-8,11,15,19H,9-10,12,21H2,1-2H3,(H,22,23)/t15-,19+/m0/s1. The Balaban J connectivity index is 1.95. The highest BCUT2D eigenvalue weighted by Crippen LogP contribution is 2.40. The second-order valence-electron chi connectivity index (χ2n) is 6.15. The minimum Gasteiger partial charge on any atom is -0.493 e. The van der Waals surface area contributed by atoms with Gasteiger partial charge in [0.2, 0.25) is 5.91 Å². The maximum Gasteiger partial charge on any atom is 0.237 e. The molecule has 138 valence electrons. The van der Waals surface area contributed by atoms with Gasteiger partial charge in [0.1, 0.15) is 5.25 Å². The molecular weight excluding hydrogens is 348 g/mol. The maximum absolute atomic E-state index is 12.6. The highest BCUT2D eigenvalue weighted by atomic mass is 32.2. The largest absolute Gasteiger partial charge is 0.493 e. The molecule has 0 aromatic heterocycles. The molecule has 2 aromatic rings. The van der Waals surface area contributed by atoms with E-state index in [1.807, 2.05) is 36.4 Å². The first-order valence-electron chi connectivity index (χ1n) is 8.61. The van der Waals surface area contributed by atoms with Crippen LogP contribution < -0.4 is 20.5 Å². The lowest BCUT2D eigenvalue weighted by Gasteiger charge is -2.17. The normalized spacial score (nSPS) is 20.2. The molecule has 2 aromatic carbocycles. The lowest BCUT2D eigenvalue weighted by molar-refractivity contribution is -0.121. The summed E-state index contributed by atoms with van der Waals surface area (Å²) in [4.78, 5) is 12.6. The number of hydrogen-bond donors (Lipinski definition) is 2. The fraction of sp³-hybridized carbons (Fsp3) is 0.350. The van der Waals surface area contributed by atoms with Crippen molar-refractivity contribution in [3.63, 3.8) is 0 Å². The topological polar surface area (TPSA) is 73.6 Å². The van der Waals surface area contributed by atoms with Crippen LogP contribution in [0.15, 0.2) is 42.5 Å². The first-order valence-corrected chi connectivity index (χ1v) is 9.66. The smallest absolute Gasteiger partial charge is 0.237 e. The molecule has 6 heteroatoms. The average Bonchev–Trinajstić information content (AvgIpc) is 2.88. The lowest BCUT2D eigenvalue weighted by Crippen LogP contribution is -2.40. The molecule has 0 bridgehead atoms. The Bertz CT molecular complexity index is 781. The molecular formula is C20H24N2O3S. The van der Waals surface area contributed by atoms with Crippen molar-refractivity contribution in [1.29, 1.82) is 0 Å². The molecule has 1 saturated heterocycles. The molecule has 5 nitrogen and oxygen atoms in total. The van der Waals surface area contributed by atoms with E-state index in [1.54, 1.807) is 26.0 Å². The summed E-state index contributed by atoms with van der Waals surface area (Å²) in [6.07, 6.45) is 0.896. The Hall–Kier alpha value is -2.18. The van der Waals surface area contributed by atoms with E-state index in [9.17, 15) is 4.79 Å². The number of rotatable bonds is 5. The van der Waals surface area contributed by atoms with Crippen LogP contribution >= 0.6 is 11.8 Å². The Kier molecular flexibility index (Phi) is 6.06. The van der Waals surface area contributed by atoms with Crippen LogP contribution in [0.4, 0.5) is 0 Å². The summed E-state index contributed by atoms with van der Waals surface area (Å²) in [5, 5.41) is 2.81. The Morgan fingerprint density at radius 3 is 2.73 bits per heavy atom. The molecule has 1 amide bonds. The van der Waals surface area contributed by atoms with Crippen molar-refractivity contribution < 1.29 is 14.3 Å². The van der Waals surface area contributed by atoms with Crippen LogP contribution in [0.25, 0.3) is 11.1 Å². The van der Waals surface area contributed by atoms with E-state index in [1.165, 1.54) is 0 Å². The molecule has 1 aliphatic heterocycles. The van der Waals surface area contributed by atoms with Crippen molar-refractivity contribution in [1.82, 2.24) is 5.32 Å². The number of nitrogens with one attached hydrogen (secondary N) is 1. The fourth-order valence-electron chi connectivity index (χ4n) is 3.16. The number of para-hydroxylation sites is 1. The zero-order chi connectivity index (χ0) is 18.5. The fourth-order valence-corrected chi connectivity index (χ4v) is 4.38. The van der Waals surface area contributed by atoms with Gasteiger partial charge in [0.15, 0.2) is 11.5 Å². The van der Waals surface area contributed by atoms with Crippen molar-refractivity contribution in [3.05, 3.63) is 48.0 Å². The van der Waals surface area contributed by atoms with Crippen molar-refractivity contribution >= 4 is 17.7 Å². The first-order chi connectivity index (χ1) is 12.7. The summed E-state index contributed by atoms with van der Waals surface area (Å²) in [5.74, 6) is 2.30. The molecule has 0 radical (unpaired) electrons. The number of carbonyl (C=O) groups excluding carboxylic acids is 1. The molecule has 1 fully saturated rings. The minimum atomic E-state index is -0.233. The molecule has 2 atom stereocenters. The van der Waals surface area contributed by atoms with Crippen LogP contribution in [0, 0.1) is 0 Å². The number of methoxy groups -OCH3 is 2. The highest BCUT2D eigenvalue weighted by Gasteiger charge is 2.27. The van der Waals surface area contributed by atoms with Crippen molar-refractivity contribution in [2.24, 2.45) is 5.73 Å². The van der Waals surface area contributed by atoms with Crippen LogP contribution in [0.1, 0.15) is 17.2 Å². The third kappa shape index (κ3) is 3.81. The predicted octanol–water partition coefficient (Wildman–Crippen LogP) is 2.99. The van der Waals surface area contributed by atoms with E-state index in [4.69, 9.17) is 15.2 Å². The molecule has 26 heavy (non-hydrogen) atoms. The summed E-state index contributed by atoms with van der Waals surface area (Å²) < 4.78 is 11.0. The van der Waals surface area contributed by atoms with E-state index >= 15 is 0 Å². The van der Waals surface area contributed by atoms with Crippen LogP contribution in [0.2, 0.25) is 0 Å². The number of hydrogen-bond acceptors (Lipinski definition) is 5. The van der Waals surface area contributed by atoms with Gasteiger partial charge in [0.25, 0.3) is 0 Å². The van der Waals surface area contributed by atoms with Gasteiger partial charge in [-0.15, -0.1) is 11.8 Å². The third-order valence-corrected chi connectivity index (χ3v) is 5.81. The number of nitrogens with two attached hydrogens (primary N) is 1. The molecule has 3 rings (SSSR count). The second-order valence-corrected chi connectivity index (χ2v) is 7.36. The van der Waals surface area contributed by atoms with Gasteiger partial charge in [-0.05, 0) is 35.4 Å². The number of thioether (sulfide) groups is 1. The van der Waals surface area contributed by atoms with Gasteiger partial charge < -0.3 is 20.5 Å². The second kappa shape index (κ2) is 8.47. The van der Waals surface area contributed by atoms with Gasteiger partial charge in [-0.3, -0.25) is 4.79 Å². The van der Waals surface area contributed by atoms with Gasteiger partial charge in [-0.1, -0.05) is 30.3 Å². The van der Waals surface area contributed by atoms with Gasteiger partial charge in [0.05, 0.1) is 14.2 Å². The van der Waals surface area contributed by atoms with E-state index in [0.29, 0.717) is 18.0 Å². The number of ether oxygens (including phenoxy) is 2. The maximum atomic E-state index is 12.6. The zero-order valence-corrected chi connectivity index (χ0v) is 15.8. The van der Waals surface area contributed by atoms with E-state index in [2.05, 4.69) is 11.4 Å². The van der Waals surface area contributed by atoms with Crippen LogP contribution in [-0.4, -0.2) is 38.5 Å². The summed E-state index contributed by atoms with van der Waals surface area (Å²) in [6.45, 7) is 0.472. The van der Waals surface area contributed by atoms with E-state index in [0.717, 1.165) is 28.9 Å². The zero-order valence-electron chi connectivity index (χ0n) is 15.0. The SMILES string of the molecule is COc1cccc(-c2cccc([C@H]3SCC[C@@H](CN)NC3=O)c2)c1OC. The van der Waals surface area contributed by atoms with Gasteiger partial charge in [-0.2, -0.15) is 0 Å². The third-order valence-electron chi connectivity index (χ3n) is 4.52. The lowest BCUT2D eigenvalue weighted by atomic mass is 10.00. The van der Waals surface area contributed by atoms with Crippen LogP contribution in [0.3, 0.4) is 0 Å². The molecule has 0 aliphatic carbocycles. The van der Waals surface area contributed by atoms with Crippen LogP contribution in [0.5, 0.6) is 11.5 Å². The quantitative estimate of drug-likeness (QED) is 0.844. The Labute approximate surface area is 158 Å². The highest BCUT2D eigenvalue weighted by molar-refractivity contribution is 8.00. The minimum absolute atomic E-state index is 0.0257. The molecule has 3 N–H and O–H groups in total. The molecule has 0 unspecified atom stereocenters. The van der Waals surface area contributed by atoms with Crippen molar-refractivity contribution in [2.45, 2.75) is 17.7 Å². The van der Waals surface area contributed by atoms with Gasteiger partial charge >= 0.3 is 0 Å². The summed E-state index contributed by atoms with van der Waals surface area (Å²) in [6, 6.07) is 13.9. The molecule has 1 heterocycles. The summed E-state index contributed by atoms with van der Waals surface area (Å²) >= 11 is 1.66. The number of benzene rings is 2. The Morgan fingerprint density at radius 2 is 2.00 bits per heavy atom. The van der Waals surface area contributed by atoms with Crippen molar-refractivity contribution in [2.75, 3.05) is 26.5 Å². The van der Waals surface area contributed by atoms with E-state index in [-0.39, 0.29) is 17.2 Å². The summed E-state index contributed by atoms with van der Waals surface area (Å²) in [5.41, 5.74) is 8.64. The van der Waals surface area contributed by atoms with E-state index < -0.39 is 0 Å². The first kappa shape index (κ1) is 18.6. The molecule has 0 saturated carbocycles. The molecule has 1 aliphatic rings. The van der Waals surface area contributed by atoms with Gasteiger partial charge in [0, 0.05) is 18.2 Å². The monoisotopic (exact) mass is 372 g/mol. The average molecular weight is 372 g/mol. The summed E-state index contributed by atoms with van der Waals surface area (Å²) in [7, 11) is 3.26. The Morgan fingerprint density at radius 1 is 1.19 bits per heavy atom.